The molecule has 0 bridgehead atoms. The van der Waals surface area contributed by atoms with Gasteiger partial charge in [0.25, 0.3) is 0 Å². The first-order chi connectivity index (χ1) is 8.75. The quantitative estimate of drug-likeness (QED) is 0.872. The molecular weight excluding hydrogens is 222 g/mol. The Bertz CT molecular complexity index is 337. The van der Waals surface area contributed by atoms with Gasteiger partial charge in [0.15, 0.2) is 0 Å². The molecule has 0 aliphatic carbocycles. The lowest BCUT2D eigenvalue weighted by Crippen LogP contribution is -2.27. The number of hydrogen-bond acceptors (Lipinski definition) is 3. The molecule has 100 valence electrons. The van der Waals surface area contributed by atoms with E-state index in [1.807, 2.05) is 0 Å². The first-order valence-corrected chi connectivity index (χ1v) is 6.95. The molecule has 0 unspecified atom stereocenters. The summed E-state index contributed by atoms with van der Waals surface area (Å²) in [6.07, 6.45) is 2.37. The van der Waals surface area contributed by atoms with Gasteiger partial charge < -0.3 is 15.1 Å². The third-order valence-electron chi connectivity index (χ3n) is 3.49. The molecule has 1 aliphatic rings. The average Bonchev–Trinajstić information content (AvgIpc) is 2.66. The molecule has 1 aliphatic heterocycles. The Morgan fingerprint density at radius 2 is 1.89 bits per heavy atom. The lowest BCUT2D eigenvalue weighted by atomic mass is 10.1. The molecule has 3 nitrogen and oxygen atoms in total. The van der Waals surface area contributed by atoms with E-state index < -0.39 is 0 Å². The van der Waals surface area contributed by atoms with E-state index in [2.05, 4.69) is 53.5 Å². The van der Waals surface area contributed by atoms with Gasteiger partial charge >= 0.3 is 0 Å². The zero-order chi connectivity index (χ0) is 12.8. The van der Waals surface area contributed by atoms with Crippen molar-refractivity contribution in [2.24, 2.45) is 0 Å². The molecule has 1 aromatic rings. The maximum absolute atomic E-state index is 3.44. The Kier molecular flexibility index (Phi) is 5.02. The zero-order valence-electron chi connectivity index (χ0n) is 11.7. The Morgan fingerprint density at radius 3 is 2.61 bits per heavy atom. The summed E-state index contributed by atoms with van der Waals surface area (Å²) in [6.45, 7) is 5.66. The molecule has 0 aromatic heterocycles. The second kappa shape index (κ2) is 6.76. The van der Waals surface area contributed by atoms with Gasteiger partial charge in [0.05, 0.1) is 0 Å². The molecule has 1 N–H and O–H groups in total. The molecule has 0 amide bonds. The number of anilines is 1. The molecule has 0 radical (unpaired) electrons. The minimum absolute atomic E-state index is 1.10. The smallest absolute Gasteiger partial charge is 0.0366 e. The average molecular weight is 247 g/mol. The Labute approximate surface area is 111 Å². The summed E-state index contributed by atoms with van der Waals surface area (Å²) >= 11 is 0. The van der Waals surface area contributed by atoms with Crippen LogP contribution in [-0.2, 0) is 6.42 Å². The first-order valence-electron chi connectivity index (χ1n) is 6.95. The topological polar surface area (TPSA) is 18.5 Å². The number of rotatable bonds is 4. The molecule has 1 fully saturated rings. The third-order valence-corrected chi connectivity index (χ3v) is 3.49. The SMILES string of the molecule is CN(C)CCc1ccc(N2CCCNCC2)cc1. The van der Waals surface area contributed by atoms with Crippen LogP contribution in [0.25, 0.3) is 0 Å². The highest BCUT2D eigenvalue weighted by Gasteiger charge is 2.08. The summed E-state index contributed by atoms with van der Waals surface area (Å²) < 4.78 is 0. The fourth-order valence-electron chi connectivity index (χ4n) is 2.33. The van der Waals surface area contributed by atoms with Gasteiger partial charge in [-0.15, -0.1) is 0 Å². The van der Waals surface area contributed by atoms with E-state index in [-0.39, 0.29) is 0 Å². The van der Waals surface area contributed by atoms with E-state index >= 15 is 0 Å². The number of nitrogens with one attached hydrogen (secondary N) is 1. The predicted molar refractivity (Wildman–Crippen MR) is 78.4 cm³/mol. The van der Waals surface area contributed by atoms with Gasteiger partial charge in [-0.25, -0.2) is 0 Å². The van der Waals surface area contributed by atoms with Crippen LogP contribution >= 0.6 is 0 Å². The van der Waals surface area contributed by atoms with Crippen molar-refractivity contribution >= 4 is 5.69 Å². The van der Waals surface area contributed by atoms with Gasteiger partial charge in [0, 0.05) is 31.9 Å². The molecule has 3 heteroatoms. The second-order valence-electron chi connectivity index (χ2n) is 5.31. The van der Waals surface area contributed by atoms with Gasteiger partial charge in [0.2, 0.25) is 0 Å². The van der Waals surface area contributed by atoms with Crippen LogP contribution in [0.2, 0.25) is 0 Å². The predicted octanol–water partition coefficient (Wildman–Crippen LogP) is 1.59. The van der Waals surface area contributed by atoms with E-state index in [9.17, 15) is 0 Å². The van der Waals surface area contributed by atoms with Gasteiger partial charge in [-0.2, -0.15) is 0 Å². The van der Waals surface area contributed by atoms with Gasteiger partial charge in [-0.1, -0.05) is 12.1 Å². The molecule has 1 saturated heterocycles. The minimum Gasteiger partial charge on any atom is -0.370 e. The fourth-order valence-corrected chi connectivity index (χ4v) is 2.33. The largest absolute Gasteiger partial charge is 0.370 e. The molecule has 1 heterocycles. The van der Waals surface area contributed by atoms with Crippen LogP contribution in [0.4, 0.5) is 5.69 Å². The van der Waals surface area contributed by atoms with Crippen molar-refractivity contribution in [1.82, 2.24) is 10.2 Å². The van der Waals surface area contributed by atoms with E-state index in [1.165, 1.54) is 24.2 Å². The van der Waals surface area contributed by atoms with Crippen LogP contribution in [0.5, 0.6) is 0 Å². The molecule has 0 saturated carbocycles. The van der Waals surface area contributed by atoms with Crippen molar-refractivity contribution in [2.45, 2.75) is 12.8 Å². The Balaban J connectivity index is 1.93. The normalized spacial score (nSPS) is 16.9. The lowest BCUT2D eigenvalue weighted by molar-refractivity contribution is 0.413. The molecular formula is C15H25N3. The number of hydrogen-bond donors (Lipinski definition) is 1. The first kappa shape index (κ1) is 13.4. The van der Waals surface area contributed by atoms with Crippen LogP contribution < -0.4 is 10.2 Å². The zero-order valence-corrected chi connectivity index (χ0v) is 11.7. The standard InChI is InChI=1S/C15H25N3/c1-17(2)12-8-14-4-6-15(7-5-14)18-11-3-9-16-10-13-18/h4-7,16H,3,8-13H2,1-2H3. The maximum Gasteiger partial charge on any atom is 0.0366 e. The van der Waals surface area contributed by atoms with Crippen LogP contribution in [0.3, 0.4) is 0 Å². The summed E-state index contributed by atoms with van der Waals surface area (Å²) in [5, 5.41) is 3.44. The molecule has 2 rings (SSSR count). The number of nitrogens with zero attached hydrogens (tertiary/aromatic N) is 2. The van der Waals surface area contributed by atoms with Gasteiger partial charge in [0.1, 0.15) is 0 Å². The summed E-state index contributed by atoms with van der Waals surface area (Å²) in [5.41, 5.74) is 2.80. The van der Waals surface area contributed by atoms with E-state index in [1.54, 1.807) is 0 Å². The van der Waals surface area contributed by atoms with Crippen LogP contribution in [0, 0.1) is 0 Å². The third kappa shape index (κ3) is 4.00. The van der Waals surface area contributed by atoms with E-state index in [0.717, 1.165) is 32.6 Å². The molecule has 0 atom stereocenters. The van der Waals surface area contributed by atoms with E-state index in [4.69, 9.17) is 0 Å². The maximum atomic E-state index is 3.44. The highest BCUT2D eigenvalue weighted by Crippen LogP contribution is 2.16. The molecule has 18 heavy (non-hydrogen) atoms. The molecule has 0 spiro atoms. The highest BCUT2D eigenvalue weighted by atomic mass is 15.2. The second-order valence-corrected chi connectivity index (χ2v) is 5.31. The van der Waals surface area contributed by atoms with Crippen molar-refractivity contribution in [3.63, 3.8) is 0 Å². The van der Waals surface area contributed by atoms with Crippen molar-refractivity contribution in [1.29, 1.82) is 0 Å². The number of benzene rings is 1. The molecule has 1 aromatic carbocycles. The van der Waals surface area contributed by atoms with Crippen molar-refractivity contribution in [2.75, 3.05) is 51.7 Å². The Morgan fingerprint density at radius 1 is 1.11 bits per heavy atom. The monoisotopic (exact) mass is 247 g/mol. The highest BCUT2D eigenvalue weighted by molar-refractivity contribution is 5.47. The van der Waals surface area contributed by atoms with Crippen LogP contribution in [0.1, 0.15) is 12.0 Å². The van der Waals surface area contributed by atoms with Gasteiger partial charge in [-0.05, 0) is 51.2 Å². The van der Waals surface area contributed by atoms with Crippen LogP contribution in [0.15, 0.2) is 24.3 Å². The van der Waals surface area contributed by atoms with E-state index in [0.29, 0.717) is 0 Å². The Hall–Kier alpha value is -1.06. The van der Waals surface area contributed by atoms with Crippen LogP contribution in [-0.4, -0.2) is 51.7 Å². The van der Waals surface area contributed by atoms with Crippen molar-refractivity contribution < 1.29 is 0 Å². The fraction of sp³-hybridized carbons (Fsp3) is 0.600. The lowest BCUT2D eigenvalue weighted by Gasteiger charge is -2.22. The number of likely N-dealkylation sites (N-methyl/N-ethyl adjacent to an activating group) is 1. The van der Waals surface area contributed by atoms with Crippen molar-refractivity contribution in [3.8, 4) is 0 Å². The summed E-state index contributed by atoms with van der Waals surface area (Å²) in [4.78, 5) is 4.71. The summed E-state index contributed by atoms with van der Waals surface area (Å²) in [7, 11) is 4.25. The van der Waals surface area contributed by atoms with Gasteiger partial charge in [-0.3, -0.25) is 0 Å². The summed E-state index contributed by atoms with van der Waals surface area (Å²) in [5.74, 6) is 0. The summed E-state index contributed by atoms with van der Waals surface area (Å²) in [6, 6.07) is 9.10. The minimum atomic E-state index is 1.10. The van der Waals surface area contributed by atoms with Crippen molar-refractivity contribution in [3.05, 3.63) is 29.8 Å².